The number of anilines is 1. The van der Waals surface area contributed by atoms with Gasteiger partial charge in [0.2, 0.25) is 15.9 Å². The molecule has 1 amide bonds. The van der Waals surface area contributed by atoms with Gasteiger partial charge in [0.15, 0.2) is 0 Å². The van der Waals surface area contributed by atoms with Crippen molar-refractivity contribution in [2.75, 3.05) is 79.3 Å². The van der Waals surface area contributed by atoms with Gasteiger partial charge < -0.3 is 33.5 Å². The van der Waals surface area contributed by atoms with Crippen LogP contribution in [0.15, 0.2) is 76.7 Å². The van der Waals surface area contributed by atoms with E-state index in [4.69, 9.17) is 23.7 Å². The summed E-state index contributed by atoms with van der Waals surface area (Å²) in [5.74, 6) is 0.516. The van der Waals surface area contributed by atoms with Crippen LogP contribution in [-0.2, 0) is 47.0 Å². The Kier molecular flexibility index (Phi) is 16.1. The van der Waals surface area contributed by atoms with Crippen LogP contribution in [0.4, 0.5) is 5.69 Å². The second kappa shape index (κ2) is 20.9. The molecule has 1 saturated heterocycles. The summed E-state index contributed by atoms with van der Waals surface area (Å²) in [7, 11) is 2.97. The van der Waals surface area contributed by atoms with Crippen LogP contribution in [0, 0.1) is 12.8 Å². The van der Waals surface area contributed by atoms with E-state index in [0.717, 1.165) is 53.2 Å². The van der Waals surface area contributed by atoms with Crippen LogP contribution in [0.3, 0.4) is 0 Å². The lowest BCUT2D eigenvalue weighted by Gasteiger charge is -2.43. The molecule has 0 unspecified atom stereocenters. The van der Waals surface area contributed by atoms with Gasteiger partial charge >= 0.3 is 0 Å². The van der Waals surface area contributed by atoms with Crippen molar-refractivity contribution in [1.82, 2.24) is 14.6 Å². The van der Waals surface area contributed by atoms with E-state index in [0.29, 0.717) is 39.5 Å². The van der Waals surface area contributed by atoms with E-state index in [-0.39, 0.29) is 42.2 Å². The van der Waals surface area contributed by atoms with E-state index in [1.165, 1.54) is 10.6 Å². The van der Waals surface area contributed by atoms with E-state index < -0.39 is 22.2 Å². The van der Waals surface area contributed by atoms with Crippen LogP contribution in [0.25, 0.3) is 0 Å². The molecule has 2 aliphatic heterocycles. The summed E-state index contributed by atoms with van der Waals surface area (Å²) in [4.78, 5) is 17.5. The zero-order valence-corrected chi connectivity index (χ0v) is 34.5. The SMILES string of the molecule is COCCCN1CCOc2ccc(CO[C@H]3CN(S(=O)(=O)c4ccc(C)cc4)[C@@H](CC(=O)N/N=C/N(C)C)C[C@@H]3c3ccc(COC[C@@H](C)COC)cc3)cc21. The Morgan fingerprint density at radius 3 is 2.48 bits per heavy atom. The Labute approximate surface area is 332 Å². The number of hydrogen-bond donors (Lipinski definition) is 1. The number of methoxy groups -OCH3 is 2. The molecule has 1 N–H and O–H groups in total. The summed E-state index contributed by atoms with van der Waals surface area (Å²) >= 11 is 0. The number of rotatable bonds is 20. The first-order valence-corrected chi connectivity index (χ1v) is 20.8. The first-order chi connectivity index (χ1) is 27.0. The quantitative estimate of drug-likeness (QED) is 0.0708. The molecule has 2 aliphatic rings. The molecule has 0 saturated carbocycles. The van der Waals surface area contributed by atoms with Crippen molar-refractivity contribution in [1.29, 1.82) is 0 Å². The van der Waals surface area contributed by atoms with Crippen LogP contribution in [0.1, 0.15) is 54.4 Å². The fourth-order valence-corrected chi connectivity index (χ4v) is 8.80. The minimum absolute atomic E-state index is 0.0548. The third kappa shape index (κ3) is 12.0. The predicted molar refractivity (Wildman–Crippen MR) is 218 cm³/mol. The van der Waals surface area contributed by atoms with Crippen molar-refractivity contribution in [2.45, 2.75) is 69.3 Å². The lowest BCUT2D eigenvalue weighted by Crippen LogP contribution is -2.53. The first kappa shape index (κ1) is 43.1. The number of carbonyl (C=O) groups is 1. The molecule has 3 aromatic carbocycles. The van der Waals surface area contributed by atoms with Gasteiger partial charge in [-0.1, -0.05) is 55.0 Å². The van der Waals surface area contributed by atoms with Crippen molar-refractivity contribution in [3.8, 4) is 5.75 Å². The van der Waals surface area contributed by atoms with E-state index in [2.05, 4.69) is 40.5 Å². The second-order valence-electron chi connectivity index (χ2n) is 15.0. The molecular weight excluding hydrogens is 735 g/mol. The summed E-state index contributed by atoms with van der Waals surface area (Å²) in [5.41, 5.74) is 7.51. The fraction of sp³-hybridized carbons (Fsp3) is 0.524. The Morgan fingerprint density at radius 2 is 1.77 bits per heavy atom. The molecule has 0 aromatic heterocycles. The molecule has 0 bridgehead atoms. The zero-order valence-electron chi connectivity index (χ0n) is 33.7. The van der Waals surface area contributed by atoms with Gasteiger partial charge in [0.05, 0.1) is 49.7 Å². The highest BCUT2D eigenvalue weighted by molar-refractivity contribution is 7.89. The molecule has 306 valence electrons. The van der Waals surface area contributed by atoms with Gasteiger partial charge in [0.1, 0.15) is 18.7 Å². The number of ether oxygens (including phenoxy) is 5. The number of piperidine rings is 1. The highest BCUT2D eigenvalue weighted by Crippen LogP contribution is 2.39. The minimum atomic E-state index is -4.02. The summed E-state index contributed by atoms with van der Waals surface area (Å²) in [6.45, 7) is 8.90. The lowest BCUT2D eigenvalue weighted by molar-refractivity contribution is -0.122. The van der Waals surface area contributed by atoms with Gasteiger partial charge in [0.25, 0.3) is 0 Å². The average Bonchev–Trinajstić information content (AvgIpc) is 3.17. The molecule has 56 heavy (non-hydrogen) atoms. The number of benzene rings is 3. The maximum Gasteiger partial charge on any atom is 0.243 e. The van der Waals surface area contributed by atoms with Crippen molar-refractivity contribution < 1.29 is 36.9 Å². The number of amides is 1. The molecule has 4 atom stereocenters. The number of hydrogen-bond acceptors (Lipinski definition) is 10. The van der Waals surface area contributed by atoms with Crippen molar-refractivity contribution >= 4 is 28.0 Å². The minimum Gasteiger partial charge on any atom is -0.490 e. The molecular formula is C42H59N5O8S. The summed E-state index contributed by atoms with van der Waals surface area (Å²) in [5, 5.41) is 4.03. The third-order valence-corrected chi connectivity index (χ3v) is 12.0. The molecule has 1 fully saturated rings. The molecule has 0 spiro atoms. The smallest absolute Gasteiger partial charge is 0.243 e. The van der Waals surface area contributed by atoms with Crippen molar-refractivity contribution in [3.63, 3.8) is 0 Å². The molecule has 5 rings (SSSR count). The number of hydrazone groups is 1. The second-order valence-corrected chi connectivity index (χ2v) is 16.9. The molecule has 2 heterocycles. The number of sulfonamides is 1. The maximum atomic E-state index is 14.4. The van der Waals surface area contributed by atoms with Gasteiger partial charge in [-0.25, -0.2) is 13.8 Å². The number of aryl methyl sites for hydroxylation is 1. The van der Waals surface area contributed by atoms with E-state index >= 15 is 0 Å². The average molecular weight is 794 g/mol. The van der Waals surface area contributed by atoms with Crippen LogP contribution in [0.2, 0.25) is 0 Å². The van der Waals surface area contributed by atoms with Gasteiger partial charge in [-0.05, 0) is 60.7 Å². The standard InChI is InChI=1S/C42H59N5O8S/c1-31-8-15-37(16-9-31)56(49,50)47-25-41(55-29-34-12-17-40-39(22-34)46(19-21-54-40)18-7-20-51-5)38(23-36(47)24-42(48)44-43-30-45(3)4)35-13-10-33(11-14-35)28-53-27-32(2)26-52-6/h8-17,22,30,32,36,38,41H,7,18-21,23-29H2,1-6H3,(H,44,48)/b43-30+/t32-,36+,38+,41-/m0/s1. The van der Waals surface area contributed by atoms with Crippen LogP contribution in [-0.4, -0.2) is 116 Å². The van der Waals surface area contributed by atoms with Crippen LogP contribution < -0.4 is 15.1 Å². The topological polar surface area (TPSA) is 131 Å². The van der Waals surface area contributed by atoms with Crippen molar-refractivity contribution in [2.24, 2.45) is 11.0 Å². The summed E-state index contributed by atoms with van der Waals surface area (Å²) in [6, 6.07) is 20.4. The molecule has 3 aromatic rings. The van der Waals surface area contributed by atoms with Crippen LogP contribution >= 0.6 is 0 Å². The highest BCUT2D eigenvalue weighted by Gasteiger charge is 2.43. The van der Waals surface area contributed by atoms with Crippen LogP contribution in [0.5, 0.6) is 5.75 Å². The summed E-state index contributed by atoms with van der Waals surface area (Å²) < 4.78 is 59.6. The Hall–Kier alpha value is -4.05. The Morgan fingerprint density at radius 1 is 1.02 bits per heavy atom. The number of fused-ring (bicyclic) bond motifs is 1. The van der Waals surface area contributed by atoms with E-state index in [9.17, 15) is 13.2 Å². The van der Waals surface area contributed by atoms with Gasteiger partial charge in [-0.15, -0.1) is 0 Å². The molecule has 0 radical (unpaired) electrons. The highest BCUT2D eigenvalue weighted by atomic mass is 32.2. The van der Waals surface area contributed by atoms with E-state index in [1.54, 1.807) is 57.5 Å². The maximum absolute atomic E-state index is 14.4. The normalized spacial score (nSPS) is 19.4. The Bertz CT molecular complexity index is 1820. The number of carbonyl (C=O) groups excluding carboxylic acids is 1. The Balaban J connectivity index is 1.44. The monoisotopic (exact) mass is 793 g/mol. The van der Waals surface area contributed by atoms with E-state index in [1.807, 2.05) is 31.2 Å². The third-order valence-electron chi connectivity index (χ3n) is 10.0. The number of nitrogens with one attached hydrogen (secondary N) is 1. The van der Waals surface area contributed by atoms with Gasteiger partial charge in [-0.2, -0.15) is 9.41 Å². The molecule has 0 aliphatic carbocycles. The van der Waals surface area contributed by atoms with Gasteiger partial charge in [-0.3, -0.25) is 4.79 Å². The zero-order chi connectivity index (χ0) is 40.1. The molecule has 14 heteroatoms. The number of nitrogens with zero attached hydrogens (tertiary/aromatic N) is 4. The lowest BCUT2D eigenvalue weighted by atomic mass is 9.83. The summed E-state index contributed by atoms with van der Waals surface area (Å²) in [6.07, 6.45) is 2.14. The molecule has 13 nitrogen and oxygen atoms in total. The van der Waals surface area contributed by atoms with Gasteiger partial charge in [0, 0.05) is 72.3 Å². The first-order valence-electron chi connectivity index (χ1n) is 19.3. The largest absolute Gasteiger partial charge is 0.490 e. The fourth-order valence-electron chi connectivity index (χ4n) is 7.15. The van der Waals surface area contributed by atoms with Crippen molar-refractivity contribution in [3.05, 3.63) is 89.0 Å². The predicted octanol–water partition coefficient (Wildman–Crippen LogP) is 5.17.